The topological polar surface area (TPSA) is 50.9 Å². The summed E-state index contributed by atoms with van der Waals surface area (Å²) in [6.07, 6.45) is 0.0100. The SMILES string of the molecule is CC(C)Oc1ccccc1/[N+]([O-])=N/N(C(C)C)C(C)C. The maximum Gasteiger partial charge on any atom is 0.195 e. The minimum Gasteiger partial charge on any atom is -0.691 e. The standard InChI is InChI=1S/C15H25N3O2/c1-11(2)17(12(3)4)16-18(19)14-9-7-8-10-15(14)20-13(5)6/h7-13H,1-6H3/b18-16-. The third kappa shape index (κ3) is 4.40. The fraction of sp³-hybridized carbons (Fsp3) is 0.600. The summed E-state index contributed by atoms with van der Waals surface area (Å²) in [5, 5.41) is 18.2. The average Bonchev–Trinajstić information content (AvgIpc) is 2.34. The lowest BCUT2D eigenvalue weighted by atomic mass is 10.3. The molecule has 0 bridgehead atoms. The Kier molecular flexibility index (Phi) is 5.80. The van der Waals surface area contributed by atoms with Crippen molar-refractivity contribution in [1.82, 2.24) is 5.01 Å². The molecule has 0 unspecified atom stereocenters. The molecule has 0 fully saturated rings. The van der Waals surface area contributed by atoms with Gasteiger partial charge < -0.3 is 9.94 Å². The lowest BCUT2D eigenvalue weighted by Gasteiger charge is -2.21. The molecular weight excluding hydrogens is 254 g/mol. The fourth-order valence-corrected chi connectivity index (χ4v) is 1.91. The van der Waals surface area contributed by atoms with Crippen molar-refractivity contribution in [3.05, 3.63) is 29.5 Å². The lowest BCUT2D eigenvalue weighted by Crippen LogP contribution is -2.33. The smallest absolute Gasteiger partial charge is 0.195 e. The Morgan fingerprint density at radius 2 is 1.60 bits per heavy atom. The van der Waals surface area contributed by atoms with E-state index in [9.17, 15) is 5.21 Å². The number of benzene rings is 1. The monoisotopic (exact) mass is 279 g/mol. The molecule has 0 aliphatic rings. The van der Waals surface area contributed by atoms with E-state index in [0.29, 0.717) is 16.3 Å². The molecule has 0 heterocycles. The van der Waals surface area contributed by atoms with Crippen molar-refractivity contribution in [2.45, 2.75) is 59.7 Å². The largest absolute Gasteiger partial charge is 0.691 e. The van der Waals surface area contributed by atoms with Gasteiger partial charge in [-0.05, 0) is 53.7 Å². The van der Waals surface area contributed by atoms with Gasteiger partial charge in [0.15, 0.2) is 11.4 Å². The Balaban J connectivity index is 3.10. The van der Waals surface area contributed by atoms with E-state index in [1.807, 2.05) is 47.6 Å². The molecule has 0 amide bonds. The van der Waals surface area contributed by atoms with Crippen molar-refractivity contribution < 1.29 is 9.60 Å². The normalized spacial score (nSPS) is 12.3. The number of nitrogens with zero attached hydrogens (tertiary/aromatic N) is 3. The highest BCUT2D eigenvalue weighted by Gasteiger charge is 2.20. The van der Waals surface area contributed by atoms with Crippen molar-refractivity contribution in [1.29, 1.82) is 0 Å². The predicted molar refractivity (Wildman–Crippen MR) is 80.0 cm³/mol. The van der Waals surface area contributed by atoms with E-state index in [0.717, 1.165) is 0 Å². The molecule has 1 aromatic carbocycles. The van der Waals surface area contributed by atoms with Crippen molar-refractivity contribution in [2.75, 3.05) is 0 Å². The first kappa shape index (κ1) is 16.3. The maximum absolute atomic E-state index is 12.3. The minimum atomic E-state index is 0.0100. The molecule has 1 aromatic rings. The number of hydrogen-bond acceptors (Lipinski definition) is 3. The van der Waals surface area contributed by atoms with Crippen LogP contribution in [0.3, 0.4) is 0 Å². The third-order valence-electron chi connectivity index (χ3n) is 2.68. The summed E-state index contributed by atoms with van der Waals surface area (Å²) in [5.74, 6) is 0.550. The van der Waals surface area contributed by atoms with Crippen LogP contribution < -0.4 is 4.74 Å². The molecule has 0 aromatic heterocycles. The zero-order valence-electron chi connectivity index (χ0n) is 13.2. The second-order valence-electron chi connectivity index (χ2n) is 5.56. The van der Waals surface area contributed by atoms with E-state index < -0.39 is 0 Å². The van der Waals surface area contributed by atoms with Crippen LogP contribution >= 0.6 is 0 Å². The summed E-state index contributed by atoms with van der Waals surface area (Å²) in [7, 11) is 0. The van der Waals surface area contributed by atoms with Crippen LogP contribution in [0.5, 0.6) is 5.75 Å². The lowest BCUT2D eigenvalue weighted by molar-refractivity contribution is -0.465. The summed E-state index contributed by atoms with van der Waals surface area (Å²) in [6, 6.07) is 7.46. The highest BCUT2D eigenvalue weighted by molar-refractivity contribution is 5.45. The molecule has 0 aliphatic carbocycles. The molecular formula is C15H25N3O2. The van der Waals surface area contributed by atoms with E-state index in [1.165, 1.54) is 0 Å². The van der Waals surface area contributed by atoms with E-state index in [4.69, 9.17) is 4.74 Å². The molecule has 5 heteroatoms. The minimum absolute atomic E-state index is 0.0100. The Hall–Kier alpha value is -1.78. The Bertz CT molecular complexity index is 448. The Labute approximate surface area is 121 Å². The van der Waals surface area contributed by atoms with Gasteiger partial charge in [-0.15, -0.1) is 4.86 Å². The maximum atomic E-state index is 12.3. The van der Waals surface area contributed by atoms with Gasteiger partial charge in [0.1, 0.15) is 12.1 Å². The fourth-order valence-electron chi connectivity index (χ4n) is 1.91. The first-order chi connectivity index (χ1) is 9.32. The van der Waals surface area contributed by atoms with Gasteiger partial charge in [-0.25, -0.2) is 0 Å². The van der Waals surface area contributed by atoms with Crippen LogP contribution in [-0.2, 0) is 0 Å². The summed E-state index contributed by atoms with van der Waals surface area (Å²) < 4.78 is 5.65. The van der Waals surface area contributed by atoms with Crippen LogP contribution in [-0.4, -0.2) is 28.1 Å². The van der Waals surface area contributed by atoms with Crippen molar-refractivity contribution >= 4 is 5.69 Å². The summed E-state index contributed by atoms with van der Waals surface area (Å²) in [5.41, 5.74) is 0.424. The highest BCUT2D eigenvalue weighted by Crippen LogP contribution is 2.28. The van der Waals surface area contributed by atoms with Crippen molar-refractivity contribution in [3.8, 4) is 5.75 Å². The van der Waals surface area contributed by atoms with Crippen LogP contribution in [0.15, 0.2) is 29.5 Å². The van der Waals surface area contributed by atoms with E-state index >= 15 is 0 Å². The molecule has 0 radical (unpaired) electrons. The second-order valence-corrected chi connectivity index (χ2v) is 5.56. The summed E-state index contributed by atoms with van der Waals surface area (Å²) >= 11 is 0. The molecule has 0 saturated carbocycles. The van der Waals surface area contributed by atoms with Gasteiger partial charge in [0.05, 0.1) is 11.3 Å². The average molecular weight is 279 g/mol. The summed E-state index contributed by atoms with van der Waals surface area (Å²) in [6.45, 7) is 11.9. The number of hydrogen-bond donors (Lipinski definition) is 0. The van der Waals surface area contributed by atoms with Gasteiger partial charge in [-0.1, -0.05) is 12.1 Å². The van der Waals surface area contributed by atoms with Gasteiger partial charge in [0.25, 0.3) is 0 Å². The first-order valence-corrected chi connectivity index (χ1v) is 7.05. The number of para-hydroxylation sites is 2. The number of rotatable bonds is 6. The van der Waals surface area contributed by atoms with Gasteiger partial charge in [-0.3, -0.25) is 0 Å². The highest BCUT2D eigenvalue weighted by atomic mass is 16.5. The molecule has 0 N–H and O–H groups in total. The molecule has 5 nitrogen and oxygen atoms in total. The van der Waals surface area contributed by atoms with Crippen molar-refractivity contribution in [2.24, 2.45) is 5.22 Å². The molecule has 0 atom stereocenters. The Morgan fingerprint density at radius 1 is 1.05 bits per heavy atom. The molecule has 112 valence electrons. The molecule has 20 heavy (non-hydrogen) atoms. The zero-order chi connectivity index (χ0) is 15.3. The van der Waals surface area contributed by atoms with Gasteiger partial charge in [0, 0.05) is 0 Å². The van der Waals surface area contributed by atoms with E-state index in [1.54, 1.807) is 23.2 Å². The van der Waals surface area contributed by atoms with Crippen LogP contribution in [0.2, 0.25) is 0 Å². The number of ether oxygens (including phenoxy) is 1. The third-order valence-corrected chi connectivity index (χ3v) is 2.68. The zero-order valence-corrected chi connectivity index (χ0v) is 13.2. The molecule has 0 aliphatic heterocycles. The van der Waals surface area contributed by atoms with Crippen molar-refractivity contribution in [3.63, 3.8) is 0 Å². The van der Waals surface area contributed by atoms with Crippen LogP contribution in [0.25, 0.3) is 0 Å². The molecule has 1 rings (SSSR count). The second kappa shape index (κ2) is 7.12. The quantitative estimate of drug-likeness (QED) is 0.447. The van der Waals surface area contributed by atoms with Gasteiger partial charge in [0.2, 0.25) is 0 Å². The van der Waals surface area contributed by atoms with E-state index in [-0.39, 0.29) is 18.2 Å². The predicted octanol–water partition coefficient (Wildman–Crippen LogP) is 4.10. The van der Waals surface area contributed by atoms with Crippen LogP contribution in [0, 0.1) is 5.21 Å². The molecule has 0 saturated heterocycles. The van der Waals surface area contributed by atoms with E-state index in [2.05, 4.69) is 5.22 Å². The molecule has 0 spiro atoms. The van der Waals surface area contributed by atoms with Gasteiger partial charge >= 0.3 is 0 Å². The summed E-state index contributed by atoms with van der Waals surface area (Å²) in [4.78, 5) is 0.637. The Morgan fingerprint density at radius 3 is 2.10 bits per heavy atom. The van der Waals surface area contributed by atoms with Crippen LogP contribution in [0.1, 0.15) is 41.5 Å². The first-order valence-electron chi connectivity index (χ1n) is 7.05. The van der Waals surface area contributed by atoms with Gasteiger partial charge in [-0.2, -0.15) is 5.01 Å². The van der Waals surface area contributed by atoms with Crippen LogP contribution in [0.4, 0.5) is 5.69 Å².